The Morgan fingerprint density at radius 3 is 2.43 bits per heavy atom. The van der Waals surface area contributed by atoms with Crippen LogP contribution in [0.4, 0.5) is 0 Å². The van der Waals surface area contributed by atoms with Crippen LogP contribution < -0.4 is 4.74 Å². The van der Waals surface area contributed by atoms with Crippen molar-refractivity contribution in [3.63, 3.8) is 0 Å². The first-order valence-electron chi connectivity index (χ1n) is 12.8. The van der Waals surface area contributed by atoms with E-state index in [2.05, 4.69) is 44.9 Å². The standard InChI is InChI=1S/C29H36AsN2O4S/c1-5-15-36-29-31-24(6-2)25(17-30-27(33)26(37)16-19(3)4)32(29)18-20-11-13-21(14-12-20)22-9-7-8-10-23(22)28(34)35/h7-14,19,26,37H,5-6,15-18H2,1-4H3,(H,34,35). The van der Waals surface area contributed by atoms with Crippen LogP contribution >= 0.6 is 12.6 Å². The second kappa shape index (κ2) is 13.9. The van der Waals surface area contributed by atoms with E-state index in [0.717, 1.165) is 41.8 Å². The van der Waals surface area contributed by atoms with Gasteiger partial charge >= 0.3 is 233 Å². The number of carboxylic acid groups (broad SMARTS) is 1. The molecule has 1 radical (unpaired) electrons. The molecule has 1 unspecified atom stereocenters. The van der Waals surface area contributed by atoms with Crippen molar-refractivity contribution in [2.45, 2.75) is 64.0 Å². The number of aryl methyl sites for hydroxylation is 1. The van der Waals surface area contributed by atoms with Crippen LogP contribution in [0.25, 0.3) is 11.1 Å². The number of nitrogens with zero attached hydrogens (tertiary/aromatic N) is 2. The molecule has 8 heteroatoms. The monoisotopic (exact) mass is 583 g/mol. The van der Waals surface area contributed by atoms with Gasteiger partial charge in [-0.25, -0.2) is 0 Å². The summed E-state index contributed by atoms with van der Waals surface area (Å²) in [5.74, 6) is -0.509. The summed E-state index contributed by atoms with van der Waals surface area (Å²) in [6.07, 6.45) is 2.43. The van der Waals surface area contributed by atoms with Crippen LogP contribution in [0.5, 0.6) is 6.01 Å². The van der Waals surface area contributed by atoms with Crippen LogP contribution in [-0.2, 0) is 23.0 Å². The average Bonchev–Trinajstić information content (AvgIpc) is 3.21. The van der Waals surface area contributed by atoms with Gasteiger partial charge in [0.2, 0.25) is 0 Å². The Labute approximate surface area is 231 Å². The van der Waals surface area contributed by atoms with Gasteiger partial charge in [0.25, 0.3) is 0 Å². The van der Waals surface area contributed by atoms with E-state index in [1.807, 2.05) is 36.4 Å². The molecular weight excluding hydrogens is 547 g/mol. The fourth-order valence-corrected chi connectivity index (χ4v) is 7.03. The zero-order chi connectivity index (χ0) is 26.9. The molecule has 3 rings (SSSR count). The number of imidazole rings is 1. The molecule has 0 bridgehead atoms. The number of benzene rings is 2. The van der Waals surface area contributed by atoms with Gasteiger partial charge in [-0.05, 0) is 0 Å². The molecule has 1 heterocycles. The number of hydrogen-bond donors (Lipinski definition) is 2. The van der Waals surface area contributed by atoms with Crippen LogP contribution in [0, 0.1) is 5.92 Å². The van der Waals surface area contributed by atoms with Crippen molar-refractivity contribution < 1.29 is 19.4 Å². The van der Waals surface area contributed by atoms with Crippen molar-refractivity contribution in [3.05, 3.63) is 71.0 Å². The molecule has 6 nitrogen and oxygen atoms in total. The van der Waals surface area contributed by atoms with Crippen LogP contribution in [0.3, 0.4) is 0 Å². The minimum atomic E-state index is -0.943. The number of hydrogen-bond acceptors (Lipinski definition) is 5. The van der Waals surface area contributed by atoms with Crippen molar-refractivity contribution in [3.8, 4) is 17.1 Å². The summed E-state index contributed by atoms with van der Waals surface area (Å²) in [4.78, 5) is 29.2. The van der Waals surface area contributed by atoms with Gasteiger partial charge in [0.15, 0.2) is 0 Å². The zero-order valence-corrected chi connectivity index (χ0v) is 24.7. The number of carboxylic acids is 1. The van der Waals surface area contributed by atoms with E-state index in [1.165, 1.54) is 0 Å². The molecule has 0 saturated carbocycles. The molecule has 1 atom stereocenters. The molecule has 0 aliphatic heterocycles. The van der Waals surface area contributed by atoms with Gasteiger partial charge in [0, 0.05) is 0 Å². The van der Waals surface area contributed by atoms with Crippen LogP contribution in [-0.4, -0.2) is 52.8 Å². The van der Waals surface area contributed by atoms with Gasteiger partial charge in [-0.3, -0.25) is 0 Å². The Bertz CT molecular complexity index is 1210. The minimum absolute atomic E-state index is 0.210. The van der Waals surface area contributed by atoms with Gasteiger partial charge in [-0.2, -0.15) is 0 Å². The zero-order valence-electron chi connectivity index (χ0n) is 22.0. The molecule has 0 amide bonds. The average molecular weight is 584 g/mol. The van der Waals surface area contributed by atoms with Crippen LogP contribution in [0.1, 0.15) is 67.8 Å². The Kier molecular flexibility index (Phi) is 10.9. The van der Waals surface area contributed by atoms with Crippen LogP contribution in [0.15, 0.2) is 48.5 Å². The first kappa shape index (κ1) is 29.1. The summed E-state index contributed by atoms with van der Waals surface area (Å²) < 4.78 is 8.38. The fourth-order valence-electron chi connectivity index (χ4n) is 4.14. The number of carbonyl (C=O) groups is 2. The SMILES string of the molecule is CCCOc1nc(CC)c(C[As]C(=O)C(S)CC(C)C)n1Cc1ccc(-c2ccccc2C(=O)O)cc1. The molecule has 3 aromatic rings. The molecule has 2 aromatic carbocycles. The third kappa shape index (κ3) is 7.75. The molecule has 37 heavy (non-hydrogen) atoms. The van der Waals surface area contributed by atoms with E-state index >= 15 is 0 Å². The molecule has 0 aliphatic carbocycles. The normalized spacial score (nSPS) is 12.4. The van der Waals surface area contributed by atoms with E-state index in [0.29, 0.717) is 35.9 Å². The summed E-state index contributed by atoms with van der Waals surface area (Å²) in [7, 11) is 0. The quantitative estimate of drug-likeness (QED) is 0.187. The van der Waals surface area contributed by atoms with E-state index in [4.69, 9.17) is 9.72 Å². The maximum absolute atomic E-state index is 12.8. The van der Waals surface area contributed by atoms with Crippen molar-refractivity contribution in [2.24, 2.45) is 5.92 Å². The third-order valence-electron chi connectivity index (χ3n) is 6.02. The van der Waals surface area contributed by atoms with Gasteiger partial charge < -0.3 is 0 Å². The molecule has 0 fully saturated rings. The Morgan fingerprint density at radius 2 is 1.81 bits per heavy atom. The van der Waals surface area contributed by atoms with Crippen molar-refractivity contribution in [2.75, 3.05) is 6.61 Å². The summed E-state index contributed by atoms with van der Waals surface area (Å²) in [6, 6.07) is 15.5. The number of rotatable bonds is 14. The second-order valence-corrected chi connectivity index (χ2v) is 12.3. The van der Waals surface area contributed by atoms with Gasteiger partial charge in [-0.15, -0.1) is 0 Å². The topological polar surface area (TPSA) is 81.4 Å². The Hall–Kier alpha value is -2.50. The Balaban J connectivity index is 1.88. The fraction of sp³-hybridized carbons (Fsp3) is 0.414. The first-order chi connectivity index (χ1) is 17.7. The Morgan fingerprint density at radius 1 is 1.11 bits per heavy atom. The summed E-state index contributed by atoms with van der Waals surface area (Å²) in [5, 5.41) is 10.0. The summed E-state index contributed by atoms with van der Waals surface area (Å²) >= 11 is 4.00. The van der Waals surface area contributed by atoms with E-state index in [1.54, 1.807) is 12.1 Å². The van der Waals surface area contributed by atoms with E-state index < -0.39 is 21.7 Å². The molecule has 0 spiro atoms. The van der Waals surface area contributed by atoms with Crippen molar-refractivity contribution in [1.29, 1.82) is 0 Å². The summed E-state index contributed by atoms with van der Waals surface area (Å²) in [6.45, 7) is 9.50. The van der Waals surface area contributed by atoms with Gasteiger partial charge in [0.1, 0.15) is 0 Å². The molecule has 1 aromatic heterocycles. The van der Waals surface area contributed by atoms with Crippen LogP contribution in [0.2, 0.25) is 0 Å². The summed E-state index contributed by atoms with van der Waals surface area (Å²) in [5.41, 5.74) is 4.91. The van der Waals surface area contributed by atoms with Gasteiger partial charge in [0.05, 0.1) is 0 Å². The maximum atomic E-state index is 12.8. The number of ether oxygens (including phenoxy) is 1. The predicted octanol–water partition coefficient (Wildman–Crippen LogP) is 5.72. The number of thiol groups is 1. The molecular formula is C29H36AsN2O4S. The third-order valence-corrected chi connectivity index (χ3v) is 9.17. The molecule has 0 saturated heterocycles. The molecule has 0 aliphatic rings. The predicted molar refractivity (Wildman–Crippen MR) is 152 cm³/mol. The number of aromatic carboxylic acids is 1. The van der Waals surface area contributed by atoms with E-state index in [-0.39, 0.29) is 15.4 Å². The second-order valence-electron chi connectivity index (χ2n) is 9.42. The first-order valence-corrected chi connectivity index (χ1v) is 15.5. The number of carbonyl (C=O) groups excluding carboxylic acids is 1. The molecule has 197 valence electrons. The molecule has 1 N–H and O–H groups in total. The van der Waals surface area contributed by atoms with E-state index in [9.17, 15) is 14.7 Å². The van der Waals surface area contributed by atoms with Gasteiger partial charge in [-0.1, -0.05) is 0 Å². The number of aromatic nitrogens is 2. The van der Waals surface area contributed by atoms with Crippen molar-refractivity contribution in [1.82, 2.24) is 9.55 Å². The van der Waals surface area contributed by atoms with Crippen molar-refractivity contribution >= 4 is 38.9 Å².